The Kier molecular flexibility index (Phi) is 5.64. The van der Waals surface area contributed by atoms with E-state index >= 15 is 0 Å². The Bertz CT molecular complexity index is 724. The minimum Gasteiger partial charge on any atom is -0.463 e. The van der Waals surface area contributed by atoms with E-state index in [1.54, 1.807) is 6.92 Å². The van der Waals surface area contributed by atoms with Gasteiger partial charge in [0.05, 0.1) is 18.1 Å². The molecule has 2 rings (SSSR count). The lowest BCUT2D eigenvalue weighted by Crippen LogP contribution is -2.26. The maximum atomic E-state index is 12.5. The van der Waals surface area contributed by atoms with Crippen molar-refractivity contribution < 1.29 is 14.3 Å². The summed E-state index contributed by atoms with van der Waals surface area (Å²) in [5.74, 6) is -0.538. The number of hydrogen-bond acceptors (Lipinski definition) is 5. The number of nitrogens with two attached hydrogens (primary N) is 1. The Morgan fingerprint density at radius 1 is 1.25 bits per heavy atom. The van der Waals surface area contributed by atoms with Gasteiger partial charge in [-0.05, 0) is 24.5 Å². The number of nitrogens with zero attached hydrogens (tertiary/aromatic N) is 1. The van der Waals surface area contributed by atoms with Gasteiger partial charge in [0.15, 0.2) is 0 Å². The summed E-state index contributed by atoms with van der Waals surface area (Å²) in [6, 6.07) is 9.92. The molecular weight excluding hydrogens is 304 g/mol. The largest absolute Gasteiger partial charge is 0.463 e. The van der Waals surface area contributed by atoms with Crippen molar-refractivity contribution in [2.24, 2.45) is 5.73 Å². The molecule has 1 aromatic rings. The molecule has 0 bridgehead atoms. The molecule has 1 heterocycles. The van der Waals surface area contributed by atoms with Crippen molar-refractivity contribution >= 4 is 5.97 Å². The lowest BCUT2D eigenvalue weighted by atomic mass is 9.82. The predicted molar refractivity (Wildman–Crippen MR) is 90.4 cm³/mol. The molecule has 1 aliphatic rings. The zero-order valence-corrected chi connectivity index (χ0v) is 14.3. The van der Waals surface area contributed by atoms with E-state index in [0.29, 0.717) is 17.8 Å². The van der Waals surface area contributed by atoms with E-state index in [4.69, 9.17) is 15.2 Å². The minimum atomic E-state index is -0.566. The number of ether oxygens (including phenoxy) is 2. The topological polar surface area (TPSA) is 85.3 Å². The number of carbonyl (C=O) groups excluding carboxylic acids is 1. The molecule has 5 nitrogen and oxygen atoms in total. The summed E-state index contributed by atoms with van der Waals surface area (Å²) in [6.07, 6.45) is 1.40. The first-order valence-corrected chi connectivity index (χ1v) is 8.13. The monoisotopic (exact) mass is 326 g/mol. The molecule has 0 aromatic heterocycles. The molecule has 0 saturated carbocycles. The van der Waals surface area contributed by atoms with Gasteiger partial charge in [-0.15, -0.1) is 0 Å². The van der Waals surface area contributed by atoms with Crippen LogP contribution in [-0.2, 0) is 20.7 Å². The molecule has 0 saturated heterocycles. The van der Waals surface area contributed by atoms with Crippen LogP contribution in [0.15, 0.2) is 47.1 Å². The van der Waals surface area contributed by atoms with Gasteiger partial charge in [-0.3, -0.25) is 0 Å². The van der Waals surface area contributed by atoms with Crippen LogP contribution >= 0.6 is 0 Å². The highest BCUT2D eigenvalue weighted by Gasteiger charge is 2.36. The third kappa shape index (κ3) is 3.28. The number of benzene rings is 1. The van der Waals surface area contributed by atoms with E-state index < -0.39 is 11.9 Å². The highest BCUT2D eigenvalue weighted by atomic mass is 16.5. The van der Waals surface area contributed by atoms with Gasteiger partial charge < -0.3 is 15.2 Å². The van der Waals surface area contributed by atoms with Crippen LogP contribution in [0.25, 0.3) is 0 Å². The first-order valence-electron chi connectivity index (χ1n) is 8.13. The minimum absolute atomic E-state index is 0.0481. The molecule has 0 fully saturated rings. The zero-order valence-electron chi connectivity index (χ0n) is 14.3. The molecule has 1 aromatic carbocycles. The van der Waals surface area contributed by atoms with E-state index in [1.807, 2.05) is 31.2 Å². The average molecular weight is 326 g/mol. The molecule has 0 aliphatic carbocycles. The van der Waals surface area contributed by atoms with Crippen molar-refractivity contribution in [2.45, 2.75) is 39.5 Å². The summed E-state index contributed by atoms with van der Waals surface area (Å²) in [7, 11) is 0. The average Bonchev–Trinajstić information content (AvgIpc) is 2.60. The molecule has 0 amide bonds. The molecule has 126 valence electrons. The van der Waals surface area contributed by atoms with Crippen LogP contribution in [0.5, 0.6) is 0 Å². The molecule has 5 heteroatoms. The van der Waals surface area contributed by atoms with E-state index in [2.05, 4.69) is 13.0 Å². The van der Waals surface area contributed by atoms with Gasteiger partial charge in [0.1, 0.15) is 17.4 Å². The standard InChI is InChI=1S/C19H22N2O3/c1-4-12-7-9-13(10-8-12)16-14(11-20)18(21)24-15(5-2)17(16)19(22)23-6-3/h7-10,16H,4-6,21H2,1-3H3/t16-/m1/s1. The van der Waals surface area contributed by atoms with Gasteiger partial charge >= 0.3 is 5.97 Å². The van der Waals surface area contributed by atoms with Crippen LogP contribution in [0.3, 0.4) is 0 Å². The van der Waals surface area contributed by atoms with E-state index in [-0.39, 0.29) is 18.1 Å². The van der Waals surface area contributed by atoms with E-state index in [0.717, 1.165) is 12.0 Å². The quantitative estimate of drug-likeness (QED) is 0.839. The number of aryl methyl sites for hydroxylation is 1. The van der Waals surface area contributed by atoms with Crippen LogP contribution in [0.2, 0.25) is 0 Å². The zero-order chi connectivity index (χ0) is 17.7. The normalized spacial score (nSPS) is 17.3. The van der Waals surface area contributed by atoms with Gasteiger partial charge in [0, 0.05) is 6.42 Å². The fraction of sp³-hybridized carbons (Fsp3) is 0.368. The van der Waals surface area contributed by atoms with Gasteiger partial charge in [0.25, 0.3) is 0 Å². The van der Waals surface area contributed by atoms with Crippen molar-refractivity contribution in [2.75, 3.05) is 6.61 Å². The molecule has 2 N–H and O–H groups in total. The summed E-state index contributed by atoms with van der Waals surface area (Å²) < 4.78 is 10.7. The highest BCUT2D eigenvalue weighted by molar-refractivity contribution is 5.92. The van der Waals surface area contributed by atoms with Crippen LogP contribution in [0, 0.1) is 11.3 Å². The van der Waals surface area contributed by atoms with Crippen molar-refractivity contribution in [3.8, 4) is 6.07 Å². The van der Waals surface area contributed by atoms with E-state index in [1.165, 1.54) is 5.56 Å². The van der Waals surface area contributed by atoms with Crippen molar-refractivity contribution in [1.82, 2.24) is 0 Å². The van der Waals surface area contributed by atoms with Gasteiger partial charge in [-0.2, -0.15) is 5.26 Å². The molecule has 1 atom stereocenters. The van der Waals surface area contributed by atoms with Gasteiger partial charge in [-0.25, -0.2) is 4.79 Å². The smallest absolute Gasteiger partial charge is 0.338 e. The van der Waals surface area contributed by atoms with E-state index in [9.17, 15) is 10.1 Å². The van der Waals surface area contributed by atoms with Gasteiger partial charge in [-0.1, -0.05) is 38.1 Å². The second kappa shape index (κ2) is 7.69. The maximum absolute atomic E-state index is 12.5. The molecule has 1 aliphatic heterocycles. The Morgan fingerprint density at radius 2 is 1.92 bits per heavy atom. The Labute approximate surface area is 142 Å². The summed E-state index contributed by atoms with van der Waals surface area (Å²) in [5, 5.41) is 9.54. The molecule has 24 heavy (non-hydrogen) atoms. The highest BCUT2D eigenvalue weighted by Crippen LogP contribution is 2.40. The summed E-state index contributed by atoms with van der Waals surface area (Å²) in [6.45, 7) is 5.94. The number of rotatable bonds is 5. The first-order chi connectivity index (χ1) is 11.6. The third-order valence-corrected chi connectivity index (χ3v) is 4.03. The number of nitriles is 1. The lowest BCUT2D eigenvalue weighted by molar-refractivity contribution is -0.139. The molecular formula is C19H22N2O3. The number of allylic oxidation sites excluding steroid dienone is 2. The summed E-state index contributed by atoms with van der Waals surface area (Å²) in [4.78, 5) is 12.5. The Morgan fingerprint density at radius 3 is 2.42 bits per heavy atom. The summed E-state index contributed by atoms with van der Waals surface area (Å²) >= 11 is 0. The number of hydrogen-bond donors (Lipinski definition) is 1. The fourth-order valence-corrected chi connectivity index (χ4v) is 2.79. The van der Waals surface area contributed by atoms with Crippen LogP contribution in [-0.4, -0.2) is 12.6 Å². The predicted octanol–water partition coefficient (Wildman–Crippen LogP) is 3.28. The molecule has 0 radical (unpaired) electrons. The molecule has 0 spiro atoms. The Balaban J connectivity index is 2.60. The third-order valence-electron chi connectivity index (χ3n) is 4.03. The van der Waals surface area contributed by atoms with Crippen LogP contribution < -0.4 is 5.73 Å². The maximum Gasteiger partial charge on any atom is 0.338 e. The fourth-order valence-electron chi connectivity index (χ4n) is 2.79. The van der Waals surface area contributed by atoms with Crippen molar-refractivity contribution in [3.05, 3.63) is 58.2 Å². The van der Waals surface area contributed by atoms with Crippen molar-refractivity contribution in [3.63, 3.8) is 0 Å². The molecule has 0 unspecified atom stereocenters. The van der Waals surface area contributed by atoms with Crippen LogP contribution in [0.1, 0.15) is 44.2 Å². The number of carbonyl (C=O) groups is 1. The van der Waals surface area contributed by atoms with Crippen molar-refractivity contribution in [1.29, 1.82) is 5.26 Å². The second-order valence-electron chi connectivity index (χ2n) is 5.43. The SMILES string of the molecule is CCOC(=O)C1=C(CC)OC(N)=C(C#N)[C@H]1c1ccc(CC)cc1. The number of esters is 1. The van der Waals surface area contributed by atoms with Crippen LogP contribution in [0.4, 0.5) is 0 Å². The first kappa shape index (κ1) is 17.6. The summed E-state index contributed by atoms with van der Waals surface area (Å²) in [5.41, 5.74) is 8.52. The van der Waals surface area contributed by atoms with Gasteiger partial charge in [0.2, 0.25) is 5.88 Å². The lowest BCUT2D eigenvalue weighted by Gasteiger charge is -2.27. The Hall–Kier alpha value is -2.74. The second-order valence-corrected chi connectivity index (χ2v) is 5.43.